The van der Waals surface area contributed by atoms with Crippen LogP contribution in [0.1, 0.15) is 50.7 Å². The van der Waals surface area contributed by atoms with E-state index in [1.54, 1.807) is 0 Å². The molecule has 1 aliphatic carbocycles. The third kappa shape index (κ3) is 4.32. The highest BCUT2D eigenvalue weighted by molar-refractivity contribution is 5.22. The van der Waals surface area contributed by atoms with Crippen molar-refractivity contribution in [1.82, 2.24) is 5.32 Å². The van der Waals surface area contributed by atoms with Crippen molar-refractivity contribution in [2.24, 2.45) is 5.92 Å². The van der Waals surface area contributed by atoms with Crippen LogP contribution in [0, 0.1) is 5.92 Å². The van der Waals surface area contributed by atoms with Crippen LogP contribution in [0.2, 0.25) is 0 Å². The van der Waals surface area contributed by atoms with Crippen molar-refractivity contribution in [2.45, 2.75) is 58.1 Å². The number of nitrogens with one attached hydrogen (secondary N) is 1. The summed E-state index contributed by atoms with van der Waals surface area (Å²) in [5.41, 5.74) is 2.20. The summed E-state index contributed by atoms with van der Waals surface area (Å²) in [4.78, 5) is 0. The van der Waals surface area contributed by atoms with Gasteiger partial charge in [-0.2, -0.15) is 0 Å². The third-order valence-electron chi connectivity index (χ3n) is 4.42. The molecular formula is C17H27NO. The third-order valence-corrected chi connectivity index (χ3v) is 4.42. The fourth-order valence-electron chi connectivity index (χ4n) is 2.81. The summed E-state index contributed by atoms with van der Waals surface area (Å²) in [7, 11) is 0. The maximum absolute atomic E-state index is 10.5. The van der Waals surface area contributed by atoms with Crippen LogP contribution in [-0.4, -0.2) is 17.3 Å². The molecule has 0 aromatic heterocycles. The van der Waals surface area contributed by atoms with Crippen molar-refractivity contribution >= 4 is 0 Å². The van der Waals surface area contributed by atoms with Crippen molar-refractivity contribution < 1.29 is 5.11 Å². The van der Waals surface area contributed by atoms with Crippen molar-refractivity contribution in [3.05, 3.63) is 35.4 Å². The van der Waals surface area contributed by atoms with Crippen LogP contribution in [0.4, 0.5) is 0 Å². The van der Waals surface area contributed by atoms with Crippen LogP contribution in [-0.2, 0) is 13.0 Å². The predicted molar refractivity (Wildman–Crippen MR) is 80.1 cm³/mol. The van der Waals surface area contributed by atoms with E-state index in [0.29, 0.717) is 0 Å². The van der Waals surface area contributed by atoms with Gasteiger partial charge in [0.1, 0.15) is 0 Å². The fraction of sp³-hybridized carbons (Fsp3) is 0.647. The molecule has 0 atom stereocenters. The zero-order chi connectivity index (χ0) is 13.7. The van der Waals surface area contributed by atoms with Gasteiger partial charge in [0.05, 0.1) is 5.60 Å². The largest absolute Gasteiger partial charge is 0.389 e. The first-order valence-electron chi connectivity index (χ1n) is 7.62. The molecule has 2 nitrogen and oxygen atoms in total. The van der Waals surface area contributed by atoms with Crippen LogP contribution in [0.5, 0.6) is 0 Å². The Morgan fingerprint density at radius 3 is 2.32 bits per heavy atom. The van der Waals surface area contributed by atoms with Gasteiger partial charge in [-0.15, -0.1) is 0 Å². The lowest BCUT2D eigenvalue weighted by Crippen LogP contribution is -2.43. The van der Waals surface area contributed by atoms with Gasteiger partial charge in [-0.25, -0.2) is 0 Å². The van der Waals surface area contributed by atoms with E-state index in [1.807, 2.05) is 0 Å². The Balaban J connectivity index is 1.76. The molecule has 1 aromatic carbocycles. The van der Waals surface area contributed by atoms with Gasteiger partial charge in [-0.3, -0.25) is 0 Å². The van der Waals surface area contributed by atoms with Crippen molar-refractivity contribution in [3.63, 3.8) is 0 Å². The highest BCUT2D eigenvalue weighted by Gasteiger charge is 2.31. The molecule has 1 saturated carbocycles. The number of hydrogen-bond acceptors (Lipinski definition) is 2. The van der Waals surface area contributed by atoms with Crippen molar-refractivity contribution in [1.29, 1.82) is 0 Å². The maximum Gasteiger partial charge on any atom is 0.0771 e. The van der Waals surface area contributed by atoms with E-state index >= 15 is 0 Å². The molecule has 2 heteroatoms. The summed E-state index contributed by atoms with van der Waals surface area (Å²) in [5.74, 6) is 0.780. The Kier molecular flexibility index (Phi) is 5.00. The quantitative estimate of drug-likeness (QED) is 0.852. The van der Waals surface area contributed by atoms with Gasteiger partial charge in [0.2, 0.25) is 0 Å². The molecule has 106 valence electrons. The highest BCUT2D eigenvalue weighted by atomic mass is 16.3. The minimum absolute atomic E-state index is 0.476. The molecule has 2 N–H and O–H groups in total. The number of benzene rings is 1. The number of aryl methyl sites for hydroxylation is 1. The molecule has 0 unspecified atom stereocenters. The SMILES string of the molecule is CCc1ccc(CNCC2(O)CCC(C)CC2)cc1. The summed E-state index contributed by atoms with van der Waals surface area (Å²) in [6, 6.07) is 8.74. The zero-order valence-corrected chi connectivity index (χ0v) is 12.3. The first-order valence-corrected chi connectivity index (χ1v) is 7.62. The molecule has 1 aromatic rings. The molecule has 0 amide bonds. The number of hydrogen-bond donors (Lipinski definition) is 2. The van der Waals surface area contributed by atoms with Gasteiger partial charge >= 0.3 is 0 Å². The second kappa shape index (κ2) is 6.53. The summed E-state index contributed by atoms with van der Waals surface area (Å²) >= 11 is 0. The van der Waals surface area contributed by atoms with Crippen molar-refractivity contribution in [2.75, 3.05) is 6.54 Å². The van der Waals surface area contributed by atoms with Crippen LogP contribution < -0.4 is 5.32 Å². The highest BCUT2D eigenvalue weighted by Crippen LogP contribution is 2.31. The van der Waals surface area contributed by atoms with E-state index in [4.69, 9.17) is 0 Å². The van der Waals surface area contributed by atoms with Gasteiger partial charge in [-0.1, -0.05) is 38.1 Å². The van der Waals surface area contributed by atoms with Gasteiger partial charge in [0, 0.05) is 13.1 Å². The Labute approximate surface area is 117 Å². The van der Waals surface area contributed by atoms with E-state index in [0.717, 1.165) is 51.1 Å². The lowest BCUT2D eigenvalue weighted by molar-refractivity contribution is -0.00630. The van der Waals surface area contributed by atoms with E-state index in [2.05, 4.69) is 43.4 Å². The standard InChI is InChI=1S/C17H27NO/c1-3-15-4-6-16(7-5-15)12-18-13-17(19)10-8-14(2)9-11-17/h4-7,14,18-19H,3,8-13H2,1-2H3. The van der Waals surface area contributed by atoms with E-state index in [-0.39, 0.29) is 0 Å². The molecule has 19 heavy (non-hydrogen) atoms. The monoisotopic (exact) mass is 261 g/mol. The molecule has 2 rings (SSSR count). The Morgan fingerprint density at radius 1 is 1.16 bits per heavy atom. The Morgan fingerprint density at radius 2 is 1.74 bits per heavy atom. The summed E-state index contributed by atoms with van der Waals surface area (Å²) < 4.78 is 0. The first-order chi connectivity index (χ1) is 9.11. The first kappa shape index (κ1) is 14.5. The number of rotatable bonds is 5. The fourth-order valence-corrected chi connectivity index (χ4v) is 2.81. The second-order valence-electron chi connectivity index (χ2n) is 6.18. The Hall–Kier alpha value is -0.860. The van der Waals surface area contributed by atoms with Crippen molar-refractivity contribution in [3.8, 4) is 0 Å². The smallest absolute Gasteiger partial charge is 0.0771 e. The van der Waals surface area contributed by atoms with E-state index in [9.17, 15) is 5.11 Å². The average Bonchev–Trinajstić information content (AvgIpc) is 2.43. The molecule has 1 fully saturated rings. The summed E-state index contributed by atoms with van der Waals surface area (Å²) in [5, 5.41) is 13.9. The molecule has 0 saturated heterocycles. The van der Waals surface area contributed by atoms with Gasteiger partial charge in [-0.05, 0) is 49.1 Å². The van der Waals surface area contributed by atoms with Crippen LogP contribution in [0.25, 0.3) is 0 Å². The lowest BCUT2D eigenvalue weighted by Gasteiger charge is -2.35. The normalized spacial score (nSPS) is 27.4. The molecule has 1 aliphatic rings. The average molecular weight is 261 g/mol. The maximum atomic E-state index is 10.5. The van der Waals surface area contributed by atoms with Gasteiger partial charge in [0.25, 0.3) is 0 Å². The second-order valence-corrected chi connectivity index (χ2v) is 6.18. The molecule has 0 aliphatic heterocycles. The zero-order valence-electron chi connectivity index (χ0n) is 12.3. The predicted octanol–water partition coefficient (Wildman–Crippen LogP) is 3.28. The summed E-state index contributed by atoms with van der Waals surface area (Å²) in [6.07, 6.45) is 5.28. The van der Waals surface area contributed by atoms with E-state index in [1.165, 1.54) is 11.1 Å². The molecule has 0 heterocycles. The Bertz CT molecular complexity index is 377. The summed E-state index contributed by atoms with van der Waals surface area (Å²) in [6.45, 7) is 6.02. The molecule has 0 bridgehead atoms. The van der Waals surface area contributed by atoms with Gasteiger partial charge < -0.3 is 10.4 Å². The molecule has 0 spiro atoms. The molecular weight excluding hydrogens is 234 g/mol. The van der Waals surface area contributed by atoms with Crippen LogP contribution in [0.3, 0.4) is 0 Å². The van der Waals surface area contributed by atoms with Crippen LogP contribution >= 0.6 is 0 Å². The minimum atomic E-state index is -0.476. The molecule has 0 radical (unpaired) electrons. The van der Waals surface area contributed by atoms with E-state index < -0.39 is 5.60 Å². The lowest BCUT2D eigenvalue weighted by atomic mass is 9.79. The minimum Gasteiger partial charge on any atom is -0.389 e. The van der Waals surface area contributed by atoms with Crippen LogP contribution in [0.15, 0.2) is 24.3 Å². The van der Waals surface area contributed by atoms with Gasteiger partial charge in [0.15, 0.2) is 0 Å². The topological polar surface area (TPSA) is 32.3 Å². The number of aliphatic hydroxyl groups is 1.